The van der Waals surface area contributed by atoms with Crippen LogP contribution in [0.5, 0.6) is 11.5 Å². The monoisotopic (exact) mass is 423 g/mol. The number of ketones is 1. The van der Waals surface area contributed by atoms with E-state index >= 15 is 0 Å². The van der Waals surface area contributed by atoms with E-state index in [0.29, 0.717) is 36.5 Å². The van der Waals surface area contributed by atoms with E-state index in [2.05, 4.69) is 6.58 Å². The summed E-state index contributed by atoms with van der Waals surface area (Å²) in [6, 6.07) is 12.1. The van der Waals surface area contributed by atoms with Gasteiger partial charge in [-0.3, -0.25) is 9.59 Å². The number of benzene rings is 2. The summed E-state index contributed by atoms with van der Waals surface area (Å²) in [7, 11) is 1.56. The molecule has 1 heterocycles. The summed E-state index contributed by atoms with van der Waals surface area (Å²) in [6.45, 7) is 4.66. The first-order chi connectivity index (χ1) is 15.0. The van der Waals surface area contributed by atoms with Crippen LogP contribution in [0, 0.1) is 0 Å². The number of methoxy groups -OCH3 is 1. The Morgan fingerprint density at radius 2 is 1.81 bits per heavy atom. The van der Waals surface area contributed by atoms with Crippen LogP contribution in [-0.4, -0.2) is 53.7 Å². The van der Waals surface area contributed by atoms with Gasteiger partial charge >= 0.3 is 0 Å². The van der Waals surface area contributed by atoms with E-state index in [9.17, 15) is 19.8 Å². The highest BCUT2D eigenvalue weighted by atomic mass is 16.5. The minimum Gasteiger partial charge on any atom is -0.508 e. The largest absolute Gasteiger partial charge is 0.508 e. The first-order valence-electron chi connectivity index (χ1n) is 9.88. The van der Waals surface area contributed by atoms with Crippen LogP contribution in [-0.2, 0) is 14.3 Å². The van der Waals surface area contributed by atoms with Gasteiger partial charge in [0.1, 0.15) is 23.9 Å². The average Bonchev–Trinajstić information content (AvgIpc) is 3.03. The number of likely N-dealkylation sites (tertiary alicyclic amines) is 1. The lowest BCUT2D eigenvalue weighted by molar-refractivity contribution is -0.140. The zero-order valence-electron chi connectivity index (χ0n) is 17.3. The van der Waals surface area contributed by atoms with Crippen molar-refractivity contribution in [1.82, 2.24) is 4.90 Å². The van der Waals surface area contributed by atoms with Crippen LogP contribution in [0.2, 0.25) is 0 Å². The van der Waals surface area contributed by atoms with Crippen LogP contribution < -0.4 is 4.74 Å². The predicted molar refractivity (Wildman–Crippen MR) is 116 cm³/mol. The molecule has 7 nitrogen and oxygen atoms in total. The normalized spacial score (nSPS) is 17.7. The molecule has 2 aromatic rings. The number of Topliss-reactive ketones (excluding diaryl/α,β-unsaturated/α-hetero) is 1. The minimum atomic E-state index is -0.769. The summed E-state index contributed by atoms with van der Waals surface area (Å²) in [4.78, 5) is 27.1. The molecular formula is C24H25NO6. The number of nitrogens with zero attached hydrogens (tertiary/aromatic N) is 1. The van der Waals surface area contributed by atoms with Crippen LogP contribution in [0.3, 0.4) is 0 Å². The summed E-state index contributed by atoms with van der Waals surface area (Å²) in [6.07, 6.45) is 2.16. The number of amides is 1. The Hall–Kier alpha value is -3.58. The van der Waals surface area contributed by atoms with Crippen LogP contribution in [0.1, 0.15) is 23.6 Å². The third-order valence-corrected chi connectivity index (χ3v) is 4.99. The zero-order valence-corrected chi connectivity index (χ0v) is 17.3. The van der Waals surface area contributed by atoms with E-state index in [1.54, 1.807) is 49.6 Å². The maximum atomic E-state index is 12.9. The maximum Gasteiger partial charge on any atom is 0.295 e. The number of hydrogen-bond donors (Lipinski definition) is 2. The van der Waals surface area contributed by atoms with E-state index in [0.717, 1.165) is 0 Å². The molecule has 0 aliphatic carbocycles. The summed E-state index contributed by atoms with van der Waals surface area (Å²) in [5, 5.41) is 20.6. The van der Waals surface area contributed by atoms with Gasteiger partial charge in [-0.25, -0.2) is 0 Å². The molecule has 0 aromatic heterocycles. The number of aromatic hydroxyl groups is 1. The number of carbonyl (C=O) groups is 2. The standard InChI is InChI=1S/C24H25NO6/c1-3-14-31-19-11-7-17(8-12-19)22(27)20-21(16-5-9-18(26)10-6-16)25(13-4-15-30-2)24(29)23(20)28/h3,5-12,21,26-27H,1,4,13-15H2,2H3/b22-20-. The Labute approximate surface area is 180 Å². The van der Waals surface area contributed by atoms with Crippen molar-refractivity contribution in [2.45, 2.75) is 12.5 Å². The Morgan fingerprint density at radius 3 is 2.42 bits per heavy atom. The fourth-order valence-electron chi connectivity index (χ4n) is 3.51. The third-order valence-electron chi connectivity index (χ3n) is 4.99. The van der Waals surface area contributed by atoms with E-state index in [-0.39, 0.29) is 23.6 Å². The molecular weight excluding hydrogens is 398 g/mol. The van der Waals surface area contributed by atoms with Gasteiger partial charge in [0.25, 0.3) is 11.7 Å². The van der Waals surface area contributed by atoms with Crippen molar-refractivity contribution in [3.05, 3.63) is 77.9 Å². The molecule has 31 heavy (non-hydrogen) atoms. The van der Waals surface area contributed by atoms with E-state index in [1.807, 2.05) is 0 Å². The number of carbonyl (C=O) groups excluding carboxylic acids is 2. The highest BCUT2D eigenvalue weighted by Crippen LogP contribution is 2.40. The number of hydrogen-bond acceptors (Lipinski definition) is 6. The Kier molecular flexibility index (Phi) is 7.10. The Morgan fingerprint density at radius 1 is 1.13 bits per heavy atom. The van der Waals surface area contributed by atoms with Crippen molar-refractivity contribution < 1.29 is 29.3 Å². The summed E-state index contributed by atoms with van der Waals surface area (Å²) in [5.41, 5.74) is 1.01. The molecule has 1 atom stereocenters. The molecule has 1 aliphatic heterocycles. The molecule has 1 unspecified atom stereocenters. The second-order valence-electron chi connectivity index (χ2n) is 7.05. The number of aliphatic hydroxyl groups is 1. The molecule has 7 heteroatoms. The predicted octanol–water partition coefficient (Wildman–Crippen LogP) is 3.42. The molecule has 1 saturated heterocycles. The molecule has 3 rings (SSSR count). The van der Waals surface area contributed by atoms with Crippen LogP contribution in [0.15, 0.2) is 66.8 Å². The highest BCUT2D eigenvalue weighted by Gasteiger charge is 2.45. The van der Waals surface area contributed by atoms with Crippen LogP contribution in [0.25, 0.3) is 5.76 Å². The molecule has 0 spiro atoms. The number of phenolic OH excluding ortho intramolecular Hbond substituents is 1. The number of ether oxygens (including phenoxy) is 2. The highest BCUT2D eigenvalue weighted by molar-refractivity contribution is 6.46. The van der Waals surface area contributed by atoms with Crippen molar-refractivity contribution in [1.29, 1.82) is 0 Å². The number of phenols is 1. The Bertz CT molecular complexity index is 978. The molecule has 1 amide bonds. The summed E-state index contributed by atoms with van der Waals surface area (Å²) in [5.74, 6) is -1.04. The SMILES string of the molecule is C=CCOc1ccc(/C(O)=C2/C(=O)C(=O)N(CCCOC)C2c2ccc(O)cc2)cc1. The molecule has 2 N–H and O–H groups in total. The zero-order chi connectivity index (χ0) is 22.4. The van der Waals surface area contributed by atoms with Crippen molar-refractivity contribution in [3.63, 3.8) is 0 Å². The van der Waals surface area contributed by atoms with Gasteiger partial charge in [-0.05, 0) is 48.4 Å². The van der Waals surface area contributed by atoms with Gasteiger partial charge in [0.05, 0.1) is 11.6 Å². The minimum absolute atomic E-state index is 0.00728. The molecule has 2 aromatic carbocycles. The van der Waals surface area contributed by atoms with Gasteiger partial charge in [0.15, 0.2) is 0 Å². The topological polar surface area (TPSA) is 96.3 Å². The lowest BCUT2D eigenvalue weighted by atomic mass is 9.95. The number of rotatable bonds is 9. The maximum absolute atomic E-state index is 12.9. The lowest BCUT2D eigenvalue weighted by Gasteiger charge is -2.25. The van der Waals surface area contributed by atoms with E-state index < -0.39 is 17.7 Å². The quantitative estimate of drug-likeness (QED) is 0.211. The fourth-order valence-corrected chi connectivity index (χ4v) is 3.51. The van der Waals surface area contributed by atoms with Gasteiger partial charge in [0.2, 0.25) is 0 Å². The average molecular weight is 423 g/mol. The van der Waals surface area contributed by atoms with Crippen LogP contribution in [0.4, 0.5) is 0 Å². The molecule has 0 radical (unpaired) electrons. The first-order valence-corrected chi connectivity index (χ1v) is 9.88. The van der Waals surface area contributed by atoms with Gasteiger partial charge in [-0.2, -0.15) is 0 Å². The smallest absolute Gasteiger partial charge is 0.295 e. The van der Waals surface area contributed by atoms with Crippen molar-refractivity contribution in [2.75, 3.05) is 26.9 Å². The van der Waals surface area contributed by atoms with E-state index in [4.69, 9.17) is 9.47 Å². The second-order valence-corrected chi connectivity index (χ2v) is 7.05. The van der Waals surface area contributed by atoms with Crippen molar-refractivity contribution in [3.8, 4) is 11.5 Å². The van der Waals surface area contributed by atoms with Gasteiger partial charge < -0.3 is 24.6 Å². The van der Waals surface area contributed by atoms with Gasteiger partial charge in [-0.1, -0.05) is 24.8 Å². The molecule has 0 bridgehead atoms. The molecule has 162 valence electrons. The summed E-state index contributed by atoms with van der Waals surface area (Å²) < 4.78 is 10.5. The molecule has 1 fully saturated rings. The van der Waals surface area contributed by atoms with Gasteiger partial charge in [0, 0.05) is 25.8 Å². The van der Waals surface area contributed by atoms with E-state index in [1.165, 1.54) is 17.0 Å². The fraction of sp³-hybridized carbons (Fsp3) is 0.250. The first kappa shape index (κ1) is 22.1. The summed E-state index contributed by atoms with van der Waals surface area (Å²) >= 11 is 0. The van der Waals surface area contributed by atoms with Crippen molar-refractivity contribution >= 4 is 17.4 Å². The van der Waals surface area contributed by atoms with Crippen molar-refractivity contribution in [2.24, 2.45) is 0 Å². The second kappa shape index (κ2) is 9.95. The molecule has 1 aliphatic rings. The van der Waals surface area contributed by atoms with Gasteiger partial charge in [-0.15, -0.1) is 0 Å². The molecule has 0 saturated carbocycles. The number of aliphatic hydroxyl groups excluding tert-OH is 1. The van der Waals surface area contributed by atoms with Crippen LogP contribution >= 0.6 is 0 Å². The lowest BCUT2D eigenvalue weighted by Crippen LogP contribution is -2.31. The Balaban J connectivity index is 2.03. The third kappa shape index (κ3) is 4.78.